The number of carbonyl (C=O) groups is 1. The lowest BCUT2D eigenvalue weighted by atomic mass is 10.1. The average molecular weight is 308 g/mol. The number of benzene rings is 1. The van der Waals surface area contributed by atoms with Crippen LogP contribution in [0, 0.1) is 0 Å². The number of nitrogens with zero attached hydrogens (tertiary/aromatic N) is 1. The fourth-order valence-corrected chi connectivity index (χ4v) is 2.83. The van der Waals surface area contributed by atoms with Crippen LogP contribution >= 0.6 is 12.2 Å². The summed E-state index contributed by atoms with van der Waals surface area (Å²) in [7, 11) is 1.62. The van der Waals surface area contributed by atoms with Gasteiger partial charge in [0.05, 0.1) is 19.8 Å². The summed E-state index contributed by atoms with van der Waals surface area (Å²) in [6, 6.07) is 6.99. The molecule has 5 nitrogen and oxygen atoms in total. The third-order valence-electron chi connectivity index (χ3n) is 3.51. The minimum atomic E-state index is -0.434. The van der Waals surface area contributed by atoms with E-state index in [0.29, 0.717) is 11.7 Å². The van der Waals surface area contributed by atoms with E-state index in [1.165, 1.54) is 0 Å². The van der Waals surface area contributed by atoms with Crippen LogP contribution in [0.3, 0.4) is 0 Å². The summed E-state index contributed by atoms with van der Waals surface area (Å²) in [5, 5.41) is 3.74. The van der Waals surface area contributed by atoms with Crippen LogP contribution in [0.2, 0.25) is 0 Å². The minimum absolute atomic E-state index is 0.0429. The molecule has 0 saturated carbocycles. The van der Waals surface area contributed by atoms with Gasteiger partial charge in [-0.3, -0.25) is 0 Å². The summed E-state index contributed by atoms with van der Waals surface area (Å²) >= 11 is 5.38. The van der Waals surface area contributed by atoms with Crippen LogP contribution in [0.1, 0.15) is 20.3 Å². The van der Waals surface area contributed by atoms with Gasteiger partial charge in [-0.1, -0.05) is 6.92 Å². The van der Waals surface area contributed by atoms with E-state index >= 15 is 0 Å². The van der Waals surface area contributed by atoms with Crippen molar-refractivity contribution in [2.45, 2.75) is 32.4 Å². The first kappa shape index (κ1) is 15.6. The smallest absolute Gasteiger partial charge is 0.331 e. The van der Waals surface area contributed by atoms with Crippen molar-refractivity contribution in [2.75, 3.05) is 18.6 Å². The fourth-order valence-electron chi connectivity index (χ4n) is 2.46. The Morgan fingerprint density at radius 2 is 2.00 bits per heavy atom. The zero-order valence-electron chi connectivity index (χ0n) is 12.5. The van der Waals surface area contributed by atoms with E-state index in [0.717, 1.165) is 17.9 Å². The maximum absolute atomic E-state index is 12.3. The standard InChI is InChI=1S/C15H20N2O3S/c1-4-12-13(14(18)20-5-2)17(15(21)16-12)10-6-8-11(19-3)9-7-10/h6-9,12-13H,4-5H2,1-3H3,(H,16,21)/t12-,13-/m1/s1. The van der Waals surface area contributed by atoms with Gasteiger partial charge in [-0.2, -0.15) is 0 Å². The van der Waals surface area contributed by atoms with Crippen LogP contribution in [0.25, 0.3) is 0 Å². The van der Waals surface area contributed by atoms with E-state index in [1.54, 1.807) is 14.0 Å². The van der Waals surface area contributed by atoms with Gasteiger partial charge in [0.25, 0.3) is 0 Å². The number of rotatable bonds is 5. The molecule has 1 heterocycles. The molecule has 0 bridgehead atoms. The molecule has 2 atom stereocenters. The molecular formula is C15H20N2O3S. The van der Waals surface area contributed by atoms with Crippen molar-refractivity contribution in [1.82, 2.24) is 5.32 Å². The first-order valence-electron chi connectivity index (χ1n) is 7.02. The summed E-state index contributed by atoms with van der Waals surface area (Å²) in [5.74, 6) is 0.504. The Labute approximate surface area is 130 Å². The SMILES string of the molecule is CCOC(=O)[C@H]1[C@@H](CC)NC(=S)N1c1ccc(OC)cc1. The number of esters is 1. The molecule has 0 aromatic heterocycles. The molecule has 0 amide bonds. The normalized spacial score (nSPS) is 21.1. The summed E-state index contributed by atoms with van der Waals surface area (Å²) in [5.41, 5.74) is 0.849. The van der Waals surface area contributed by atoms with E-state index in [9.17, 15) is 4.79 Å². The predicted molar refractivity (Wildman–Crippen MR) is 85.7 cm³/mol. The van der Waals surface area contributed by atoms with Crippen molar-refractivity contribution in [3.05, 3.63) is 24.3 Å². The lowest BCUT2D eigenvalue weighted by Crippen LogP contribution is -2.44. The lowest BCUT2D eigenvalue weighted by Gasteiger charge is -2.25. The number of nitrogens with one attached hydrogen (secondary N) is 1. The van der Waals surface area contributed by atoms with E-state index in [4.69, 9.17) is 21.7 Å². The van der Waals surface area contributed by atoms with Gasteiger partial charge >= 0.3 is 5.97 Å². The molecular weight excluding hydrogens is 288 g/mol. The van der Waals surface area contributed by atoms with Crippen LogP contribution < -0.4 is 15.0 Å². The second-order valence-corrected chi connectivity index (χ2v) is 5.12. The molecule has 114 valence electrons. The number of carbonyl (C=O) groups excluding carboxylic acids is 1. The number of hydrogen-bond donors (Lipinski definition) is 1. The summed E-state index contributed by atoms with van der Waals surface area (Å²) in [4.78, 5) is 14.1. The van der Waals surface area contributed by atoms with Crippen molar-refractivity contribution < 1.29 is 14.3 Å². The highest BCUT2D eigenvalue weighted by atomic mass is 32.1. The van der Waals surface area contributed by atoms with Crippen molar-refractivity contribution in [1.29, 1.82) is 0 Å². The lowest BCUT2D eigenvalue weighted by molar-refractivity contribution is -0.144. The zero-order chi connectivity index (χ0) is 15.4. The van der Waals surface area contributed by atoms with Crippen molar-refractivity contribution in [3.8, 4) is 5.75 Å². The second-order valence-electron chi connectivity index (χ2n) is 4.73. The molecule has 1 aliphatic heterocycles. The largest absolute Gasteiger partial charge is 0.497 e. The molecule has 0 spiro atoms. The molecule has 0 radical (unpaired) electrons. The van der Waals surface area contributed by atoms with Gasteiger partial charge in [0.15, 0.2) is 11.2 Å². The summed E-state index contributed by atoms with van der Waals surface area (Å²) < 4.78 is 10.4. The highest BCUT2D eigenvalue weighted by Gasteiger charge is 2.42. The Morgan fingerprint density at radius 3 is 2.52 bits per heavy atom. The van der Waals surface area contributed by atoms with Gasteiger partial charge in [0, 0.05) is 5.69 Å². The molecule has 1 saturated heterocycles. The van der Waals surface area contributed by atoms with Crippen molar-refractivity contribution in [3.63, 3.8) is 0 Å². The van der Waals surface area contributed by atoms with Crippen LogP contribution in [-0.4, -0.2) is 36.9 Å². The fraction of sp³-hybridized carbons (Fsp3) is 0.467. The Kier molecular flexibility index (Phi) is 5.01. The molecule has 0 unspecified atom stereocenters. The summed E-state index contributed by atoms with van der Waals surface area (Å²) in [6.45, 7) is 4.18. The highest BCUT2D eigenvalue weighted by molar-refractivity contribution is 7.80. The highest BCUT2D eigenvalue weighted by Crippen LogP contribution is 2.27. The van der Waals surface area contributed by atoms with Crippen LogP contribution in [0.5, 0.6) is 5.75 Å². The minimum Gasteiger partial charge on any atom is -0.497 e. The zero-order valence-corrected chi connectivity index (χ0v) is 13.3. The second kappa shape index (κ2) is 6.76. The first-order chi connectivity index (χ1) is 10.1. The maximum Gasteiger partial charge on any atom is 0.331 e. The van der Waals surface area contributed by atoms with E-state index in [1.807, 2.05) is 36.1 Å². The number of methoxy groups -OCH3 is 1. The molecule has 1 fully saturated rings. The predicted octanol–water partition coefficient (Wildman–Crippen LogP) is 2.10. The van der Waals surface area contributed by atoms with E-state index in [2.05, 4.69) is 5.32 Å². The maximum atomic E-state index is 12.3. The third kappa shape index (κ3) is 3.10. The van der Waals surface area contributed by atoms with Gasteiger partial charge in [-0.15, -0.1) is 0 Å². The van der Waals surface area contributed by atoms with Crippen LogP contribution in [0.4, 0.5) is 5.69 Å². The molecule has 2 rings (SSSR count). The molecule has 1 aromatic carbocycles. The van der Waals surface area contributed by atoms with Crippen molar-refractivity contribution >= 4 is 29.0 Å². The Bertz CT molecular complexity index is 518. The Balaban J connectivity index is 2.32. The average Bonchev–Trinajstić information content (AvgIpc) is 2.84. The number of thiocarbonyl (C=S) groups is 1. The molecule has 0 aliphatic carbocycles. The molecule has 21 heavy (non-hydrogen) atoms. The third-order valence-corrected chi connectivity index (χ3v) is 3.82. The monoisotopic (exact) mass is 308 g/mol. The number of hydrogen-bond acceptors (Lipinski definition) is 4. The van der Waals surface area contributed by atoms with Crippen LogP contribution in [-0.2, 0) is 9.53 Å². The van der Waals surface area contributed by atoms with Gasteiger partial charge < -0.3 is 19.7 Å². The Morgan fingerprint density at radius 1 is 1.33 bits per heavy atom. The van der Waals surface area contributed by atoms with Crippen LogP contribution in [0.15, 0.2) is 24.3 Å². The van der Waals surface area contributed by atoms with E-state index < -0.39 is 6.04 Å². The number of anilines is 1. The van der Waals surface area contributed by atoms with Gasteiger partial charge in [-0.05, 0) is 49.8 Å². The molecule has 6 heteroatoms. The Hall–Kier alpha value is -1.82. The van der Waals surface area contributed by atoms with Gasteiger partial charge in [0.1, 0.15) is 5.75 Å². The molecule has 1 N–H and O–H groups in total. The first-order valence-corrected chi connectivity index (χ1v) is 7.43. The quantitative estimate of drug-likeness (QED) is 0.664. The number of ether oxygens (including phenoxy) is 2. The molecule has 1 aliphatic rings. The summed E-state index contributed by atoms with van der Waals surface area (Å²) in [6.07, 6.45) is 0.788. The molecule has 1 aromatic rings. The van der Waals surface area contributed by atoms with E-state index in [-0.39, 0.29) is 12.0 Å². The van der Waals surface area contributed by atoms with Gasteiger partial charge in [-0.25, -0.2) is 4.79 Å². The van der Waals surface area contributed by atoms with Gasteiger partial charge in [0.2, 0.25) is 0 Å². The topological polar surface area (TPSA) is 50.8 Å². The van der Waals surface area contributed by atoms with Crippen molar-refractivity contribution in [2.24, 2.45) is 0 Å².